The van der Waals surface area contributed by atoms with Crippen LogP contribution < -0.4 is 14.8 Å². The maximum absolute atomic E-state index is 11.7. The van der Waals surface area contributed by atoms with Gasteiger partial charge >= 0.3 is 5.97 Å². The highest BCUT2D eigenvalue weighted by atomic mass is 16.5. The molecule has 3 rings (SSSR count). The summed E-state index contributed by atoms with van der Waals surface area (Å²) in [6.07, 6.45) is 1.38. The number of benzene rings is 1. The summed E-state index contributed by atoms with van der Waals surface area (Å²) in [6.45, 7) is 2.19. The van der Waals surface area contributed by atoms with Gasteiger partial charge in [-0.15, -0.1) is 0 Å². The van der Waals surface area contributed by atoms with Crippen molar-refractivity contribution < 1.29 is 24.2 Å². The van der Waals surface area contributed by atoms with Crippen molar-refractivity contribution in [1.29, 1.82) is 0 Å². The van der Waals surface area contributed by atoms with E-state index < -0.39 is 17.4 Å². The molecule has 2 fully saturated rings. The van der Waals surface area contributed by atoms with E-state index in [1.165, 1.54) is 0 Å². The molecule has 1 unspecified atom stereocenters. The monoisotopic (exact) mass is 348 g/mol. The lowest BCUT2D eigenvalue weighted by Gasteiger charge is -2.41. The minimum absolute atomic E-state index is 0.0850. The molecular weight excluding hydrogens is 324 g/mol. The number of aliphatic carboxylic acids is 1. The number of ether oxygens (including phenoxy) is 2. The van der Waals surface area contributed by atoms with Gasteiger partial charge in [-0.05, 0) is 18.9 Å². The number of carbonyl (C=O) groups is 2. The van der Waals surface area contributed by atoms with E-state index in [1.807, 2.05) is 18.2 Å². The average Bonchev–Trinajstić information content (AvgIpc) is 2.93. The Morgan fingerprint density at radius 2 is 2.04 bits per heavy atom. The summed E-state index contributed by atoms with van der Waals surface area (Å²) >= 11 is 0. The third-order valence-corrected chi connectivity index (χ3v) is 5.38. The molecule has 1 spiro atoms. The number of carbonyl (C=O) groups excluding carboxylic acids is 1. The smallest absolute Gasteiger partial charge is 0.309 e. The molecule has 0 saturated carbocycles. The molecule has 1 atom stereocenters. The number of amides is 1. The predicted octanol–water partition coefficient (Wildman–Crippen LogP) is 1.26. The van der Waals surface area contributed by atoms with E-state index >= 15 is 0 Å². The second-order valence-corrected chi connectivity index (χ2v) is 6.75. The van der Waals surface area contributed by atoms with Crippen molar-refractivity contribution in [3.05, 3.63) is 23.8 Å². The summed E-state index contributed by atoms with van der Waals surface area (Å²) in [5, 5.41) is 12.4. The summed E-state index contributed by atoms with van der Waals surface area (Å²) in [4.78, 5) is 25.5. The minimum Gasteiger partial charge on any atom is -0.497 e. The number of rotatable bonds is 5. The van der Waals surface area contributed by atoms with E-state index in [2.05, 4.69) is 10.2 Å². The van der Waals surface area contributed by atoms with Gasteiger partial charge in [0.05, 0.1) is 25.7 Å². The summed E-state index contributed by atoms with van der Waals surface area (Å²) in [7, 11) is 3.25. The van der Waals surface area contributed by atoms with Crippen LogP contribution in [-0.4, -0.2) is 54.7 Å². The van der Waals surface area contributed by atoms with Crippen LogP contribution in [0, 0.1) is 5.92 Å². The van der Waals surface area contributed by atoms with Crippen LogP contribution in [0.25, 0.3) is 0 Å². The molecule has 0 aromatic heterocycles. The molecule has 7 heteroatoms. The zero-order valence-corrected chi connectivity index (χ0v) is 14.6. The molecule has 0 radical (unpaired) electrons. The van der Waals surface area contributed by atoms with Crippen molar-refractivity contribution >= 4 is 11.9 Å². The molecule has 1 amide bonds. The molecule has 2 aliphatic rings. The largest absolute Gasteiger partial charge is 0.497 e. The van der Waals surface area contributed by atoms with Gasteiger partial charge in [-0.3, -0.25) is 14.5 Å². The van der Waals surface area contributed by atoms with Gasteiger partial charge in [-0.2, -0.15) is 0 Å². The first-order chi connectivity index (χ1) is 12.0. The van der Waals surface area contributed by atoms with E-state index in [9.17, 15) is 14.7 Å². The lowest BCUT2D eigenvalue weighted by atomic mass is 9.77. The lowest BCUT2D eigenvalue weighted by Crippen LogP contribution is -2.55. The highest BCUT2D eigenvalue weighted by Crippen LogP contribution is 2.37. The fourth-order valence-electron chi connectivity index (χ4n) is 3.93. The number of hydrogen-bond acceptors (Lipinski definition) is 5. The maximum Gasteiger partial charge on any atom is 0.309 e. The van der Waals surface area contributed by atoms with Gasteiger partial charge in [-0.25, -0.2) is 0 Å². The molecule has 1 aromatic rings. The second-order valence-electron chi connectivity index (χ2n) is 6.75. The molecule has 0 bridgehead atoms. The summed E-state index contributed by atoms with van der Waals surface area (Å²) in [5.74, 6) is -0.146. The Hall–Kier alpha value is -2.28. The number of nitrogens with one attached hydrogen (secondary N) is 1. The number of likely N-dealkylation sites (tertiary alicyclic amines) is 1. The topological polar surface area (TPSA) is 88.1 Å². The predicted molar refractivity (Wildman–Crippen MR) is 90.7 cm³/mol. The van der Waals surface area contributed by atoms with Crippen LogP contribution in [0.2, 0.25) is 0 Å². The molecule has 25 heavy (non-hydrogen) atoms. The van der Waals surface area contributed by atoms with Gasteiger partial charge in [-0.1, -0.05) is 6.07 Å². The molecule has 2 N–H and O–H groups in total. The first kappa shape index (κ1) is 17.5. The van der Waals surface area contributed by atoms with Crippen molar-refractivity contribution in [3.8, 4) is 11.5 Å². The normalized spacial score (nSPS) is 22.6. The fraction of sp³-hybridized carbons (Fsp3) is 0.556. The lowest BCUT2D eigenvalue weighted by molar-refractivity contribution is -0.144. The van der Waals surface area contributed by atoms with Crippen molar-refractivity contribution in [1.82, 2.24) is 10.2 Å². The highest BCUT2D eigenvalue weighted by molar-refractivity contribution is 5.88. The Morgan fingerprint density at radius 3 is 2.64 bits per heavy atom. The Kier molecular flexibility index (Phi) is 4.85. The standard InChI is InChI=1S/C18H24N2O5/c1-24-13-4-3-12(15(9-13)25-2)11-20-7-5-18(6-8-20)14(17(22)23)10-16(21)19-18/h3-4,9,14H,5-8,10-11H2,1-2H3,(H,19,21)(H,22,23). The third kappa shape index (κ3) is 3.42. The van der Waals surface area contributed by atoms with E-state index in [-0.39, 0.29) is 12.3 Å². The van der Waals surface area contributed by atoms with Crippen LogP contribution in [0.1, 0.15) is 24.8 Å². The van der Waals surface area contributed by atoms with Crippen LogP contribution in [0.3, 0.4) is 0 Å². The first-order valence-corrected chi connectivity index (χ1v) is 8.44. The average molecular weight is 348 g/mol. The Bertz CT molecular complexity index is 667. The molecule has 0 aliphatic carbocycles. The van der Waals surface area contributed by atoms with Gasteiger partial charge in [0.25, 0.3) is 0 Å². The van der Waals surface area contributed by atoms with E-state index in [0.29, 0.717) is 12.8 Å². The molecule has 2 saturated heterocycles. The van der Waals surface area contributed by atoms with Crippen LogP contribution in [0.4, 0.5) is 0 Å². The number of hydrogen-bond donors (Lipinski definition) is 2. The number of methoxy groups -OCH3 is 2. The van der Waals surface area contributed by atoms with Gasteiger partial charge in [0, 0.05) is 37.7 Å². The van der Waals surface area contributed by atoms with E-state index in [0.717, 1.165) is 36.7 Å². The fourth-order valence-corrected chi connectivity index (χ4v) is 3.93. The highest BCUT2D eigenvalue weighted by Gasteiger charge is 2.51. The number of piperidine rings is 1. The minimum atomic E-state index is -0.886. The van der Waals surface area contributed by atoms with Gasteiger partial charge in [0.1, 0.15) is 11.5 Å². The molecule has 1 aromatic carbocycles. The molecule has 136 valence electrons. The van der Waals surface area contributed by atoms with Gasteiger partial charge < -0.3 is 19.9 Å². The van der Waals surface area contributed by atoms with Crippen LogP contribution in [0.5, 0.6) is 11.5 Å². The summed E-state index contributed by atoms with van der Waals surface area (Å²) in [5.41, 5.74) is 0.466. The molecule has 7 nitrogen and oxygen atoms in total. The molecular formula is C18H24N2O5. The van der Waals surface area contributed by atoms with Crippen molar-refractivity contribution in [3.63, 3.8) is 0 Å². The third-order valence-electron chi connectivity index (χ3n) is 5.38. The van der Waals surface area contributed by atoms with Crippen molar-refractivity contribution in [2.24, 2.45) is 5.92 Å². The zero-order valence-electron chi connectivity index (χ0n) is 14.6. The van der Waals surface area contributed by atoms with E-state index in [4.69, 9.17) is 9.47 Å². The Morgan fingerprint density at radius 1 is 1.32 bits per heavy atom. The zero-order chi connectivity index (χ0) is 18.0. The van der Waals surface area contributed by atoms with Gasteiger partial charge in [0.15, 0.2) is 0 Å². The van der Waals surface area contributed by atoms with Crippen LogP contribution >= 0.6 is 0 Å². The number of carboxylic acid groups (broad SMARTS) is 1. The van der Waals surface area contributed by atoms with Crippen molar-refractivity contribution in [2.75, 3.05) is 27.3 Å². The second kappa shape index (κ2) is 6.92. The van der Waals surface area contributed by atoms with Crippen LogP contribution in [0.15, 0.2) is 18.2 Å². The molecule has 2 aliphatic heterocycles. The Labute approximate surface area is 146 Å². The summed E-state index contributed by atoms with van der Waals surface area (Å²) in [6, 6.07) is 5.75. The number of nitrogens with zero attached hydrogens (tertiary/aromatic N) is 1. The quantitative estimate of drug-likeness (QED) is 0.833. The van der Waals surface area contributed by atoms with Gasteiger partial charge in [0.2, 0.25) is 5.91 Å². The molecule has 2 heterocycles. The van der Waals surface area contributed by atoms with Crippen molar-refractivity contribution in [2.45, 2.75) is 31.3 Å². The maximum atomic E-state index is 11.7. The Balaban J connectivity index is 1.67. The first-order valence-electron chi connectivity index (χ1n) is 8.44. The van der Waals surface area contributed by atoms with E-state index in [1.54, 1.807) is 14.2 Å². The number of carboxylic acids is 1. The SMILES string of the molecule is COc1ccc(CN2CCC3(CC2)NC(=O)CC3C(=O)O)c(OC)c1. The summed E-state index contributed by atoms with van der Waals surface area (Å²) < 4.78 is 10.7. The van der Waals surface area contributed by atoms with Crippen LogP contribution in [-0.2, 0) is 16.1 Å².